The summed E-state index contributed by atoms with van der Waals surface area (Å²) >= 11 is 0. The summed E-state index contributed by atoms with van der Waals surface area (Å²) in [5.41, 5.74) is -4.26. The third-order valence-corrected chi connectivity index (χ3v) is 2.99. The molecule has 1 rings (SSSR count). The molecule has 0 saturated heterocycles. The van der Waals surface area contributed by atoms with Crippen LogP contribution in [0.1, 0.15) is 11.1 Å². The number of methoxy groups -OCH3 is 1. The minimum Gasteiger partial charge on any atom is -0.380 e. The molecule has 0 fully saturated rings. The third-order valence-electron chi connectivity index (χ3n) is 2.00. The first-order chi connectivity index (χ1) is 8.26. The maximum atomic E-state index is 12.0. The second kappa shape index (κ2) is 5.68. The van der Waals surface area contributed by atoms with Crippen molar-refractivity contribution in [3.05, 3.63) is 35.4 Å². The van der Waals surface area contributed by atoms with Gasteiger partial charge in [0.05, 0.1) is 13.2 Å². The van der Waals surface area contributed by atoms with E-state index in [1.165, 1.54) is 19.2 Å². The van der Waals surface area contributed by atoms with Gasteiger partial charge in [0.25, 0.3) is 0 Å². The molecule has 0 atom stereocenters. The Bertz CT molecular complexity index is 479. The molecule has 0 spiro atoms. The highest BCUT2D eigenvalue weighted by atomic mass is 32.2. The van der Waals surface area contributed by atoms with E-state index in [9.17, 15) is 21.6 Å². The van der Waals surface area contributed by atoms with Crippen LogP contribution in [-0.2, 0) is 32.3 Å². The zero-order chi connectivity index (χ0) is 13.8. The van der Waals surface area contributed by atoms with Gasteiger partial charge in [0, 0.05) is 7.11 Å². The van der Waals surface area contributed by atoms with Crippen LogP contribution >= 0.6 is 0 Å². The molecule has 18 heavy (non-hydrogen) atoms. The Hall–Kier alpha value is -1.12. The predicted octanol–water partition coefficient (Wildman–Crippen LogP) is 2.20. The molecule has 1 aromatic rings. The number of benzene rings is 1. The molecule has 0 heterocycles. The summed E-state index contributed by atoms with van der Waals surface area (Å²) in [6, 6.07) is 6.17. The lowest BCUT2D eigenvalue weighted by atomic mass is 10.1. The lowest BCUT2D eigenvalue weighted by molar-refractivity contribution is -0.0547. The van der Waals surface area contributed by atoms with Crippen LogP contribution < -0.4 is 0 Å². The van der Waals surface area contributed by atoms with Crippen molar-refractivity contribution in [1.29, 1.82) is 0 Å². The van der Waals surface area contributed by atoms with Crippen LogP contribution in [0, 0.1) is 0 Å². The molecule has 102 valence electrons. The SMILES string of the molecule is COCc1ccc(COS(=O)(=O)C(F)(F)F)cc1. The zero-order valence-electron chi connectivity index (χ0n) is 9.40. The molecule has 0 aliphatic carbocycles. The molecule has 0 bridgehead atoms. The largest absolute Gasteiger partial charge is 0.523 e. The Morgan fingerprint density at radius 3 is 1.89 bits per heavy atom. The van der Waals surface area contributed by atoms with E-state index >= 15 is 0 Å². The molecule has 0 aliphatic rings. The van der Waals surface area contributed by atoms with E-state index in [0.717, 1.165) is 5.56 Å². The van der Waals surface area contributed by atoms with E-state index in [0.29, 0.717) is 12.2 Å². The summed E-state index contributed by atoms with van der Waals surface area (Å²) in [6.45, 7) is -0.295. The molecule has 0 N–H and O–H groups in total. The van der Waals surface area contributed by atoms with Gasteiger partial charge in [0.2, 0.25) is 0 Å². The number of hydrogen-bond donors (Lipinski definition) is 0. The average molecular weight is 284 g/mol. The molecular formula is C10H11F3O4S. The van der Waals surface area contributed by atoms with Gasteiger partial charge in [-0.2, -0.15) is 21.6 Å². The minimum atomic E-state index is -5.54. The molecule has 0 radical (unpaired) electrons. The molecule has 4 nitrogen and oxygen atoms in total. The second-order valence-corrected chi connectivity index (χ2v) is 5.02. The van der Waals surface area contributed by atoms with Crippen LogP contribution in [0.3, 0.4) is 0 Å². The highest BCUT2D eigenvalue weighted by Crippen LogP contribution is 2.25. The lowest BCUT2D eigenvalue weighted by Gasteiger charge is -2.08. The maximum absolute atomic E-state index is 12.0. The van der Waals surface area contributed by atoms with Gasteiger partial charge in [-0.1, -0.05) is 24.3 Å². The summed E-state index contributed by atoms with van der Waals surface area (Å²) < 4.78 is 65.9. The Labute approximate surface area is 102 Å². The summed E-state index contributed by atoms with van der Waals surface area (Å²) in [5.74, 6) is 0. The summed E-state index contributed by atoms with van der Waals surface area (Å²) in [6.07, 6.45) is 0. The van der Waals surface area contributed by atoms with Gasteiger partial charge in [-0.15, -0.1) is 0 Å². The molecule has 8 heteroatoms. The minimum absolute atomic E-state index is 0.322. The quantitative estimate of drug-likeness (QED) is 0.614. The smallest absolute Gasteiger partial charge is 0.380 e. The van der Waals surface area contributed by atoms with Crippen molar-refractivity contribution in [1.82, 2.24) is 0 Å². The Kier molecular flexibility index (Phi) is 4.71. The summed E-state index contributed by atoms with van der Waals surface area (Å²) in [4.78, 5) is 0. The van der Waals surface area contributed by atoms with Crippen molar-refractivity contribution in [3.63, 3.8) is 0 Å². The van der Waals surface area contributed by atoms with Gasteiger partial charge in [-0.25, -0.2) is 0 Å². The van der Waals surface area contributed by atoms with Crippen molar-refractivity contribution in [2.24, 2.45) is 0 Å². The zero-order valence-corrected chi connectivity index (χ0v) is 10.2. The number of ether oxygens (including phenoxy) is 1. The predicted molar refractivity (Wildman–Crippen MR) is 56.9 cm³/mol. The third kappa shape index (κ3) is 3.97. The van der Waals surface area contributed by atoms with E-state index < -0.39 is 22.2 Å². The maximum Gasteiger partial charge on any atom is 0.523 e. The van der Waals surface area contributed by atoms with Crippen LogP contribution in [0.25, 0.3) is 0 Å². The molecule has 0 amide bonds. The number of alkyl halides is 3. The van der Waals surface area contributed by atoms with Crippen molar-refractivity contribution in [2.45, 2.75) is 18.7 Å². The fraction of sp³-hybridized carbons (Fsp3) is 0.400. The van der Waals surface area contributed by atoms with E-state index in [1.54, 1.807) is 12.1 Å². The van der Waals surface area contributed by atoms with Gasteiger partial charge in [-0.3, -0.25) is 4.18 Å². The van der Waals surface area contributed by atoms with Crippen LogP contribution in [0.5, 0.6) is 0 Å². The van der Waals surface area contributed by atoms with Gasteiger partial charge >= 0.3 is 15.6 Å². The van der Waals surface area contributed by atoms with Crippen LogP contribution in [-0.4, -0.2) is 21.0 Å². The van der Waals surface area contributed by atoms with Gasteiger partial charge in [0.15, 0.2) is 0 Å². The first-order valence-electron chi connectivity index (χ1n) is 4.79. The monoisotopic (exact) mass is 284 g/mol. The average Bonchev–Trinajstić information content (AvgIpc) is 2.27. The fourth-order valence-corrected chi connectivity index (χ4v) is 1.54. The van der Waals surface area contributed by atoms with Crippen molar-refractivity contribution in [3.8, 4) is 0 Å². The highest BCUT2D eigenvalue weighted by Gasteiger charge is 2.47. The topological polar surface area (TPSA) is 52.6 Å². The van der Waals surface area contributed by atoms with Crippen molar-refractivity contribution in [2.75, 3.05) is 7.11 Å². The normalized spacial score (nSPS) is 12.7. The van der Waals surface area contributed by atoms with Gasteiger partial charge < -0.3 is 4.74 Å². The van der Waals surface area contributed by atoms with E-state index in [1.807, 2.05) is 0 Å². The fourth-order valence-electron chi connectivity index (χ4n) is 1.11. The number of halogens is 3. The van der Waals surface area contributed by atoms with E-state index in [-0.39, 0.29) is 0 Å². The standard InChI is InChI=1S/C10H11F3O4S/c1-16-6-8-2-4-9(5-3-8)7-17-18(14,15)10(11,12)13/h2-5H,6-7H2,1H3. The molecule has 0 aromatic heterocycles. The first kappa shape index (κ1) is 14.9. The van der Waals surface area contributed by atoms with Crippen LogP contribution in [0.4, 0.5) is 13.2 Å². The molecule has 0 aliphatic heterocycles. The van der Waals surface area contributed by atoms with Crippen molar-refractivity contribution < 1.29 is 30.5 Å². The van der Waals surface area contributed by atoms with E-state index in [2.05, 4.69) is 4.18 Å². The van der Waals surface area contributed by atoms with E-state index in [4.69, 9.17) is 4.74 Å². The first-order valence-corrected chi connectivity index (χ1v) is 6.19. The number of rotatable bonds is 5. The van der Waals surface area contributed by atoms with Crippen LogP contribution in [0.15, 0.2) is 24.3 Å². The second-order valence-electron chi connectivity index (χ2n) is 3.41. The number of hydrogen-bond acceptors (Lipinski definition) is 4. The summed E-state index contributed by atoms with van der Waals surface area (Å²) in [5, 5.41) is 0. The Morgan fingerprint density at radius 2 is 1.50 bits per heavy atom. The summed E-state index contributed by atoms with van der Waals surface area (Å²) in [7, 11) is -4.03. The Morgan fingerprint density at radius 1 is 1.06 bits per heavy atom. The molecule has 0 unspecified atom stereocenters. The Balaban J connectivity index is 2.65. The highest BCUT2D eigenvalue weighted by molar-refractivity contribution is 7.87. The van der Waals surface area contributed by atoms with Gasteiger partial charge in [-0.05, 0) is 11.1 Å². The lowest BCUT2D eigenvalue weighted by Crippen LogP contribution is -2.25. The molecular weight excluding hydrogens is 273 g/mol. The molecule has 0 saturated carbocycles. The molecule has 1 aromatic carbocycles. The van der Waals surface area contributed by atoms with Crippen LogP contribution in [0.2, 0.25) is 0 Å². The van der Waals surface area contributed by atoms with Gasteiger partial charge in [0.1, 0.15) is 0 Å². The van der Waals surface area contributed by atoms with Crippen molar-refractivity contribution >= 4 is 10.1 Å².